The van der Waals surface area contributed by atoms with Gasteiger partial charge in [0.1, 0.15) is 10.7 Å². The number of nitrogens with one attached hydrogen (secondary N) is 1. The zero-order valence-corrected chi connectivity index (χ0v) is 14.4. The van der Waals surface area contributed by atoms with Crippen molar-refractivity contribution in [2.75, 3.05) is 5.32 Å². The van der Waals surface area contributed by atoms with Gasteiger partial charge in [0.05, 0.1) is 10.0 Å². The van der Waals surface area contributed by atoms with Crippen LogP contribution in [-0.4, -0.2) is 10.9 Å². The first-order valence-electron chi connectivity index (χ1n) is 6.28. The number of aromatic nitrogens is 1. The van der Waals surface area contributed by atoms with Crippen LogP contribution in [0.5, 0.6) is 0 Å². The maximum atomic E-state index is 12.4. The fraction of sp³-hybridized carbons (Fsp3) is 0.0667. The molecule has 0 saturated carbocycles. The van der Waals surface area contributed by atoms with E-state index < -0.39 is 0 Å². The molecule has 2 aromatic heterocycles. The van der Waals surface area contributed by atoms with Crippen molar-refractivity contribution in [3.05, 3.63) is 56.0 Å². The van der Waals surface area contributed by atoms with Crippen molar-refractivity contribution < 1.29 is 4.79 Å². The fourth-order valence-corrected chi connectivity index (χ4v) is 4.32. The maximum Gasteiger partial charge on any atom is 0.268 e. The normalized spacial score (nSPS) is 10.9. The number of rotatable bonds is 2. The molecule has 0 radical (unpaired) electrons. The number of halogens is 3. The van der Waals surface area contributed by atoms with Gasteiger partial charge >= 0.3 is 0 Å². The van der Waals surface area contributed by atoms with Crippen LogP contribution in [0.1, 0.15) is 15.4 Å². The van der Waals surface area contributed by atoms with Crippen molar-refractivity contribution in [1.29, 1.82) is 0 Å². The standard InChI is InChI=1S/C15H9Cl3N2OS/c1-7-3-2-4-11(19-7)20-15(21)14-13(18)12-9(17)5-8(16)6-10(12)22-14/h2-6H,1H3,(H,19,20,21). The van der Waals surface area contributed by atoms with Gasteiger partial charge in [-0.2, -0.15) is 0 Å². The molecule has 3 nitrogen and oxygen atoms in total. The number of amides is 1. The third-order valence-electron chi connectivity index (χ3n) is 2.99. The van der Waals surface area contributed by atoms with Crippen LogP contribution < -0.4 is 5.32 Å². The molecule has 0 aliphatic rings. The molecule has 112 valence electrons. The molecule has 0 unspecified atom stereocenters. The van der Waals surface area contributed by atoms with Crippen molar-refractivity contribution >= 4 is 68.0 Å². The molecular formula is C15H9Cl3N2OS. The molecule has 2 heterocycles. The molecule has 0 saturated heterocycles. The van der Waals surface area contributed by atoms with E-state index in [4.69, 9.17) is 34.8 Å². The molecule has 0 atom stereocenters. The van der Waals surface area contributed by atoms with Crippen molar-refractivity contribution in [3.63, 3.8) is 0 Å². The van der Waals surface area contributed by atoms with E-state index in [9.17, 15) is 4.79 Å². The Morgan fingerprint density at radius 1 is 1.23 bits per heavy atom. The van der Waals surface area contributed by atoms with Gasteiger partial charge in [0.25, 0.3) is 5.91 Å². The molecule has 0 bridgehead atoms. The second kappa shape index (κ2) is 6.05. The average Bonchev–Trinajstić information content (AvgIpc) is 2.76. The highest BCUT2D eigenvalue weighted by molar-refractivity contribution is 7.21. The highest BCUT2D eigenvalue weighted by atomic mass is 35.5. The summed E-state index contributed by atoms with van der Waals surface area (Å²) in [7, 11) is 0. The summed E-state index contributed by atoms with van der Waals surface area (Å²) in [6, 6.07) is 8.73. The van der Waals surface area contributed by atoms with Crippen LogP contribution in [0.4, 0.5) is 5.82 Å². The second-order valence-corrected chi connectivity index (χ2v) is 6.90. The minimum absolute atomic E-state index is 0.323. The summed E-state index contributed by atoms with van der Waals surface area (Å²) in [6.07, 6.45) is 0. The number of fused-ring (bicyclic) bond motifs is 1. The van der Waals surface area contributed by atoms with Gasteiger partial charge in [-0.15, -0.1) is 11.3 Å². The predicted octanol–water partition coefficient (Wildman–Crippen LogP) is 5.82. The van der Waals surface area contributed by atoms with Crippen molar-refractivity contribution in [2.24, 2.45) is 0 Å². The van der Waals surface area contributed by atoms with E-state index in [-0.39, 0.29) is 5.91 Å². The number of carbonyl (C=O) groups is 1. The molecule has 22 heavy (non-hydrogen) atoms. The first-order chi connectivity index (χ1) is 10.5. The number of thiophene rings is 1. The number of pyridine rings is 1. The van der Waals surface area contributed by atoms with Gasteiger partial charge in [-0.25, -0.2) is 4.98 Å². The maximum absolute atomic E-state index is 12.4. The lowest BCUT2D eigenvalue weighted by atomic mass is 10.2. The van der Waals surface area contributed by atoms with Gasteiger partial charge in [-0.3, -0.25) is 4.79 Å². The Hall–Kier alpha value is -1.33. The summed E-state index contributed by atoms with van der Waals surface area (Å²) in [5.41, 5.74) is 0.815. The van der Waals surface area contributed by atoms with Gasteiger partial charge < -0.3 is 5.32 Å². The van der Waals surface area contributed by atoms with Crippen LogP contribution in [0.15, 0.2) is 30.3 Å². The number of anilines is 1. The van der Waals surface area contributed by atoms with E-state index in [0.717, 1.165) is 10.4 Å². The Morgan fingerprint density at radius 3 is 2.73 bits per heavy atom. The van der Waals surface area contributed by atoms with E-state index in [1.807, 2.05) is 19.1 Å². The summed E-state index contributed by atoms with van der Waals surface area (Å²) in [5, 5.41) is 4.63. The Labute approximate surface area is 145 Å². The lowest BCUT2D eigenvalue weighted by molar-refractivity contribution is 0.103. The molecule has 0 aliphatic carbocycles. The van der Waals surface area contributed by atoms with E-state index in [0.29, 0.717) is 31.1 Å². The molecule has 7 heteroatoms. The van der Waals surface area contributed by atoms with Crippen LogP contribution in [0.3, 0.4) is 0 Å². The number of nitrogens with zero attached hydrogens (tertiary/aromatic N) is 1. The van der Waals surface area contributed by atoms with Crippen molar-refractivity contribution in [1.82, 2.24) is 4.98 Å². The number of benzene rings is 1. The SMILES string of the molecule is Cc1cccc(NC(=O)c2sc3cc(Cl)cc(Cl)c3c2Cl)n1. The number of aryl methyl sites for hydroxylation is 1. The zero-order chi connectivity index (χ0) is 15.9. The number of carbonyl (C=O) groups excluding carboxylic acids is 1. The van der Waals surface area contributed by atoms with Crippen LogP contribution in [0.25, 0.3) is 10.1 Å². The molecule has 0 spiro atoms. The third-order valence-corrected chi connectivity index (χ3v) is 5.13. The fourth-order valence-electron chi connectivity index (χ4n) is 2.04. The van der Waals surface area contributed by atoms with E-state index >= 15 is 0 Å². The summed E-state index contributed by atoms with van der Waals surface area (Å²) in [6.45, 7) is 1.85. The predicted molar refractivity (Wildman–Crippen MR) is 93.8 cm³/mol. The smallest absolute Gasteiger partial charge is 0.268 e. The highest BCUT2D eigenvalue weighted by Gasteiger charge is 2.20. The monoisotopic (exact) mass is 370 g/mol. The lowest BCUT2D eigenvalue weighted by Crippen LogP contribution is -2.12. The summed E-state index contributed by atoms with van der Waals surface area (Å²) >= 11 is 19.7. The summed E-state index contributed by atoms with van der Waals surface area (Å²) in [5.74, 6) is 0.152. The molecule has 0 fully saturated rings. The minimum atomic E-state index is -0.323. The zero-order valence-electron chi connectivity index (χ0n) is 11.3. The molecule has 3 aromatic rings. The Bertz CT molecular complexity index is 892. The summed E-state index contributed by atoms with van der Waals surface area (Å²) < 4.78 is 0.768. The second-order valence-electron chi connectivity index (χ2n) is 4.62. The Kier molecular flexibility index (Phi) is 4.28. The van der Waals surface area contributed by atoms with Gasteiger partial charge in [-0.1, -0.05) is 40.9 Å². The van der Waals surface area contributed by atoms with E-state index in [2.05, 4.69) is 10.3 Å². The molecule has 1 amide bonds. The van der Waals surface area contributed by atoms with Gasteiger partial charge in [0.2, 0.25) is 0 Å². The van der Waals surface area contributed by atoms with Crippen LogP contribution in [-0.2, 0) is 0 Å². The highest BCUT2D eigenvalue weighted by Crippen LogP contribution is 2.41. The first-order valence-corrected chi connectivity index (χ1v) is 8.23. The molecule has 1 N–H and O–H groups in total. The van der Waals surface area contributed by atoms with Gasteiger partial charge in [0.15, 0.2) is 0 Å². The minimum Gasteiger partial charge on any atom is -0.306 e. The topological polar surface area (TPSA) is 42.0 Å². The Balaban J connectivity index is 2.01. The van der Waals surface area contributed by atoms with Gasteiger partial charge in [0, 0.05) is 20.8 Å². The summed E-state index contributed by atoms with van der Waals surface area (Å²) in [4.78, 5) is 17.0. The van der Waals surface area contributed by atoms with E-state index in [1.165, 1.54) is 11.3 Å². The average molecular weight is 372 g/mol. The van der Waals surface area contributed by atoms with Crippen molar-refractivity contribution in [3.8, 4) is 0 Å². The Morgan fingerprint density at radius 2 is 2.00 bits per heavy atom. The van der Waals surface area contributed by atoms with Crippen molar-refractivity contribution in [2.45, 2.75) is 6.92 Å². The largest absolute Gasteiger partial charge is 0.306 e. The van der Waals surface area contributed by atoms with Gasteiger partial charge in [-0.05, 0) is 31.2 Å². The quantitative estimate of drug-likeness (QED) is 0.617. The first kappa shape index (κ1) is 15.6. The number of hydrogen-bond donors (Lipinski definition) is 1. The lowest BCUT2D eigenvalue weighted by Gasteiger charge is -2.03. The molecule has 0 aliphatic heterocycles. The number of hydrogen-bond acceptors (Lipinski definition) is 3. The molecule has 3 rings (SSSR count). The molecule has 1 aromatic carbocycles. The van der Waals surface area contributed by atoms with E-state index in [1.54, 1.807) is 18.2 Å². The van der Waals surface area contributed by atoms with Crippen LogP contribution in [0, 0.1) is 6.92 Å². The van der Waals surface area contributed by atoms with Crippen LogP contribution in [0.2, 0.25) is 15.1 Å². The third kappa shape index (κ3) is 2.92. The van der Waals surface area contributed by atoms with Crippen LogP contribution >= 0.6 is 46.1 Å². The molecular weight excluding hydrogens is 363 g/mol.